The molecule has 0 aliphatic rings. The Kier molecular flexibility index (Phi) is 5.81. The van der Waals surface area contributed by atoms with Crippen LogP contribution in [-0.2, 0) is 17.4 Å². The van der Waals surface area contributed by atoms with Crippen LogP contribution in [0.15, 0.2) is 42.5 Å². The molecule has 0 aliphatic carbocycles. The Labute approximate surface area is 147 Å². The number of hydrogen-bond donors (Lipinski definition) is 2. The highest BCUT2D eigenvalue weighted by atomic mass is 19.4. The second kappa shape index (κ2) is 7.85. The van der Waals surface area contributed by atoms with Gasteiger partial charge in [0.1, 0.15) is 5.69 Å². The molecular formula is C17H16F3N3O3. The van der Waals surface area contributed by atoms with Crippen LogP contribution in [-0.4, -0.2) is 10.8 Å². The first-order valence-electron chi connectivity index (χ1n) is 7.63. The number of aryl methyl sites for hydroxylation is 2. The fraction of sp³-hybridized carbons (Fsp3) is 0.235. The monoisotopic (exact) mass is 367 g/mol. The number of alkyl halides is 3. The second-order valence-electron chi connectivity index (χ2n) is 5.65. The third kappa shape index (κ3) is 5.20. The van der Waals surface area contributed by atoms with Crippen LogP contribution in [0.4, 0.5) is 24.5 Å². The zero-order valence-electron chi connectivity index (χ0n) is 13.8. The SMILES string of the molecule is Cc1cccc(CCC(=O)NNc2ccc(C(F)(F)F)cc2[N+](=O)[O-])c1. The summed E-state index contributed by atoms with van der Waals surface area (Å²) in [5.74, 6) is -0.444. The molecule has 26 heavy (non-hydrogen) atoms. The Morgan fingerprint density at radius 1 is 1.19 bits per heavy atom. The Morgan fingerprint density at radius 3 is 2.54 bits per heavy atom. The molecule has 0 aromatic heterocycles. The zero-order valence-corrected chi connectivity index (χ0v) is 13.8. The van der Waals surface area contributed by atoms with Crippen LogP contribution >= 0.6 is 0 Å². The van der Waals surface area contributed by atoms with Gasteiger partial charge < -0.3 is 0 Å². The lowest BCUT2D eigenvalue weighted by atomic mass is 10.1. The first kappa shape index (κ1) is 19.2. The van der Waals surface area contributed by atoms with Crippen LogP contribution in [0.1, 0.15) is 23.1 Å². The molecule has 0 unspecified atom stereocenters. The third-order valence-electron chi connectivity index (χ3n) is 3.58. The molecule has 0 fully saturated rings. The van der Waals surface area contributed by atoms with Crippen molar-refractivity contribution >= 4 is 17.3 Å². The lowest BCUT2D eigenvalue weighted by molar-refractivity contribution is -0.384. The lowest BCUT2D eigenvalue weighted by Crippen LogP contribution is -2.30. The summed E-state index contributed by atoms with van der Waals surface area (Å²) in [6, 6.07) is 9.62. The summed E-state index contributed by atoms with van der Waals surface area (Å²) in [6.07, 6.45) is -4.12. The van der Waals surface area contributed by atoms with Crippen LogP contribution in [0.3, 0.4) is 0 Å². The number of anilines is 1. The molecule has 6 nitrogen and oxygen atoms in total. The Balaban J connectivity index is 1.99. The van der Waals surface area contributed by atoms with Crippen molar-refractivity contribution in [3.05, 3.63) is 69.3 Å². The van der Waals surface area contributed by atoms with Gasteiger partial charge in [0, 0.05) is 12.5 Å². The van der Waals surface area contributed by atoms with Gasteiger partial charge in [-0.1, -0.05) is 29.8 Å². The fourth-order valence-electron chi connectivity index (χ4n) is 2.29. The Bertz CT molecular complexity index is 822. The van der Waals surface area contributed by atoms with Gasteiger partial charge in [-0.3, -0.25) is 25.8 Å². The molecular weight excluding hydrogens is 351 g/mol. The number of carbonyl (C=O) groups is 1. The van der Waals surface area contributed by atoms with Gasteiger partial charge in [-0.15, -0.1) is 0 Å². The van der Waals surface area contributed by atoms with Crippen LogP contribution in [0.2, 0.25) is 0 Å². The van der Waals surface area contributed by atoms with Crippen LogP contribution < -0.4 is 10.9 Å². The number of nitro groups is 1. The maximum Gasteiger partial charge on any atom is 0.416 e. The molecule has 138 valence electrons. The molecule has 2 rings (SSSR count). The van der Waals surface area contributed by atoms with Gasteiger partial charge >= 0.3 is 6.18 Å². The first-order chi connectivity index (χ1) is 12.2. The van der Waals surface area contributed by atoms with Crippen molar-refractivity contribution < 1.29 is 22.9 Å². The Morgan fingerprint density at radius 2 is 1.92 bits per heavy atom. The van der Waals surface area contributed by atoms with Crippen molar-refractivity contribution in [3.63, 3.8) is 0 Å². The van der Waals surface area contributed by atoms with E-state index in [1.54, 1.807) is 0 Å². The van der Waals surface area contributed by atoms with Crippen molar-refractivity contribution in [1.82, 2.24) is 5.43 Å². The van der Waals surface area contributed by atoms with Crippen molar-refractivity contribution in [2.45, 2.75) is 25.9 Å². The summed E-state index contributed by atoms with van der Waals surface area (Å²) in [4.78, 5) is 21.9. The molecule has 0 radical (unpaired) electrons. The summed E-state index contributed by atoms with van der Waals surface area (Å²) >= 11 is 0. The van der Waals surface area contributed by atoms with Gasteiger partial charge in [0.2, 0.25) is 5.91 Å². The van der Waals surface area contributed by atoms with Gasteiger partial charge in [-0.25, -0.2) is 0 Å². The minimum absolute atomic E-state index is 0.116. The van der Waals surface area contributed by atoms with Crippen LogP contribution in [0, 0.1) is 17.0 Å². The normalized spacial score (nSPS) is 11.1. The number of benzene rings is 2. The molecule has 0 aliphatic heterocycles. The van der Waals surface area contributed by atoms with Gasteiger partial charge in [-0.2, -0.15) is 13.2 Å². The van der Waals surface area contributed by atoms with E-state index in [1.807, 2.05) is 31.2 Å². The van der Waals surface area contributed by atoms with Gasteiger partial charge in [-0.05, 0) is 31.0 Å². The van der Waals surface area contributed by atoms with Crippen molar-refractivity contribution in [2.75, 3.05) is 5.43 Å². The average Bonchev–Trinajstić information content (AvgIpc) is 2.57. The molecule has 0 saturated heterocycles. The van der Waals surface area contributed by atoms with Gasteiger partial charge in [0.15, 0.2) is 0 Å². The minimum Gasteiger partial charge on any atom is -0.292 e. The van der Waals surface area contributed by atoms with E-state index in [0.717, 1.165) is 17.2 Å². The summed E-state index contributed by atoms with van der Waals surface area (Å²) in [5.41, 5.74) is 4.44. The molecule has 2 N–H and O–H groups in total. The molecule has 0 atom stereocenters. The highest BCUT2D eigenvalue weighted by molar-refractivity contribution is 5.78. The van der Waals surface area contributed by atoms with E-state index in [-0.39, 0.29) is 12.1 Å². The largest absolute Gasteiger partial charge is 0.416 e. The quantitative estimate of drug-likeness (QED) is 0.597. The maximum atomic E-state index is 12.7. The van der Waals surface area contributed by atoms with E-state index in [2.05, 4.69) is 10.9 Å². The number of nitrogens with one attached hydrogen (secondary N) is 2. The number of nitro benzene ring substituents is 1. The fourth-order valence-corrected chi connectivity index (χ4v) is 2.29. The van der Waals surface area contributed by atoms with Gasteiger partial charge in [0.05, 0.1) is 10.5 Å². The molecule has 0 spiro atoms. The van der Waals surface area contributed by atoms with Gasteiger partial charge in [0.25, 0.3) is 5.69 Å². The first-order valence-corrected chi connectivity index (χ1v) is 7.63. The number of rotatable bonds is 6. The van der Waals surface area contributed by atoms with Crippen molar-refractivity contribution in [2.24, 2.45) is 0 Å². The number of hydrazine groups is 1. The smallest absolute Gasteiger partial charge is 0.292 e. The average molecular weight is 367 g/mol. The molecule has 0 bridgehead atoms. The summed E-state index contributed by atoms with van der Waals surface area (Å²) in [5, 5.41) is 11.0. The van der Waals surface area contributed by atoms with Crippen molar-refractivity contribution in [3.8, 4) is 0 Å². The molecule has 2 aromatic carbocycles. The minimum atomic E-state index is -4.69. The number of hydrogen-bond acceptors (Lipinski definition) is 4. The third-order valence-corrected chi connectivity index (χ3v) is 3.58. The van der Waals surface area contributed by atoms with Crippen LogP contribution in [0.5, 0.6) is 0 Å². The molecule has 9 heteroatoms. The van der Waals surface area contributed by atoms with E-state index in [9.17, 15) is 28.1 Å². The van der Waals surface area contributed by atoms with E-state index in [0.29, 0.717) is 18.6 Å². The van der Waals surface area contributed by atoms with E-state index in [4.69, 9.17) is 0 Å². The number of carbonyl (C=O) groups excluding carboxylic acids is 1. The number of amides is 1. The topological polar surface area (TPSA) is 84.3 Å². The highest BCUT2D eigenvalue weighted by Crippen LogP contribution is 2.34. The van der Waals surface area contributed by atoms with Crippen LogP contribution in [0.25, 0.3) is 0 Å². The zero-order chi connectivity index (χ0) is 19.3. The Hall–Kier alpha value is -3.10. The predicted octanol–water partition coefficient (Wildman–Crippen LogP) is 4.00. The maximum absolute atomic E-state index is 12.7. The molecule has 0 heterocycles. The van der Waals surface area contributed by atoms with Crippen molar-refractivity contribution in [1.29, 1.82) is 0 Å². The number of nitrogens with zero attached hydrogens (tertiary/aromatic N) is 1. The second-order valence-corrected chi connectivity index (χ2v) is 5.65. The molecule has 1 amide bonds. The molecule has 0 saturated carbocycles. The highest BCUT2D eigenvalue weighted by Gasteiger charge is 2.33. The van der Waals surface area contributed by atoms with E-state index in [1.165, 1.54) is 0 Å². The summed E-state index contributed by atoms with van der Waals surface area (Å²) in [6.45, 7) is 1.93. The summed E-state index contributed by atoms with van der Waals surface area (Å²) < 4.78 is 38.0. The lowest BCUT2D eigenvalue weighted by Gasteiger charge is -2.11. The predicted molar refractivity (Wildman–Crippen MR) is 89.4 cm³/mol. The van der Waals surface area contributed by atoms with E-state index >= 15 is 0 Å². The standard InChI is InChI=1S/C17H16F3N3O3/c1-11-3-2-4-12(9-11)5-8-16(24)22-21-14-7-6-13(17(18,19)20)10-15(14)23(25)26/h2-4,6-7,9-10,21H,5,8H2,1H3,(H,22,24). The summed E-state index contributed by atoms with van der Waals surface area (Å²) in [7, 11) is 0. The number of halogens is 3. The molecule has 2 aromatic rings. The van der Waals surface area contributed by atoms with E-state index < -0.39 is 28.3 Å².